The van der Waals surface area contributed by atoms with E-state index in [2.05, 4.69) is 10.4 Å². The number of hydrogen-bond acceptors (Lipinski definition) is 3. The Morgan fingerprint density at radius 1 is 1.12 bits per heavy atom. The topological polar surface area (TPSA) is 67.2 Å². The van der Waals surface area contributed by atoms with E-state index in [4.69, 9.17) is 0 Å². The molecule has 1 fully saturated rings. The summed E-state index contributed by atoms with van der Waals surface area (Å²) in [4.78, 5) is 26.1. The first-order valence-corrected chi connectivity index (χ1v) is 9.83. The Labute approximate surface area is 180 Å². The van der Waals surface area contributed by atoms with Crippen LogP contribution in [0.2, 0.25) is 0 Å². The van der Waals surface area contributed by atoms with Crippen molar-refractivity contribution < 1.29 is 27.2 Å². The maximum Gasteiger partial charge on any atom is 0.434 e. The monoisotopic (exact) mass is 446 g/mol. The molecule has 0 bridgehead atoms. The number of amides is 2. The van der Waals surface area contributed by atoms with Crippen LogP contribution in [0.5, 0.6) is 0 Å². The van der Waals surface area contributed by atoms with Crippen molar-refractivity contribution in [2.45, 2.75) is 25.6 Å². The number of alkyl halides is 3. The number of halogens is 4. The molecule has 1 N–H and O–H groups in total. The van der Waals surface area contributed by atoms with Crippen LogP contribution in [-0.4, -0.2) is 28.1 Å². The van der Waals surface area contributed by atoms with Gasteiger partial charge in [0.05, 0.1) is 11.8 Å². The van der Waals surface area contributed by atoms with Gasteiger partial charge >= 0.3 is 6.18 Å². The molecule has 1 aliphatic rings. The van der Waals surface area contributed by atoms with Crippen LogP contribution in [0.4, 0.5) is 23.2 Å². The zero-order valence-electron chi connectivity index (χ0n) is 16.7. The number of benzene rings is 2. The van der Waals surface area contributed by atoms with Crippen molar-refractivity contribution in [2.24, 2.45) is 0 Å². The van der Waals surface area contributed by atoms with Crippen LogP contribution < -0.4 is 10.2 Å². The van der Waals surface area contributed by atoms with Crippen molar-refractivity contribution in [3.8, 4) is 5.69 Å². The van der Waals surface area contributed by atoms with Gasteiger partial charge in [0.2, 0.25) is 5.91 Å². The van der Waals surface area contributed by atoms with Crippen LogP contribution in [0.15, 0.2) is 54.7 Å². The molecule has 3 aromatic rings. The van der Waals surface area contributed by atoms with Crippen molar-refractivity contribution in [1.82, 2.24) is 15.1 Å². The molecule has 1 aromatic heterocycles. The Morgan fingerprint density at radius 3 is 2.59 bits per heavy atom. The van der Waals surface area contributed by atoms with Gasteiger partial charge in [-0.15, -0.1) is 0 Å². The smallest absolute Gasteiger partial charge is 0.348 e. The molecule has 0 atom stereocenters. The molecule has 2 heterocycles. The molecule has 10 heteroatoms. The van der Waals surface area contributed by atoms with E-state index in [1.165, 1.54) is 12.1 Å². The summed E-state index contributed by atoms with van der Waals surface area (Å²) in [5.41, 5.74) is -1.21. The van der Waals surface area contributed by atoms with Crippen LogP contribution >= 0.6 is 0 Å². The predicted molar refractivity (Wildman–Crippen MR) is 108 cm³/mol. The largest absolute Gasteiger partial charge is 0.434 e. The summed E-state index contributed by atoms with van der Waals surface area (Å²) < 4.78 is 55.7. The summed E-state index contributed by atoms with van der Waals surface area (Å²) in [6, 6.07) is 11.7. The number of carbonyl (C=O) groups is 2. The minimum Gasteiger partial charge on any atom is -0.348 e. The van der Waals surface area contributed by atoms with Gasteiger partial charge in [-0.1, -0.05) is 24.3 Å². The zero-order valence-corrected chi connectivity index (χ0v) is 16.7. The van der Waals surface area contributed by atoms with Crippen LogP contribution in [0.1, 0.15) is 34.5 Å². The predicted octanol–water partition coefficient (Wildman–Crippen LogP) is 4.09. The van der Waals surface area contributed by atoms with E-state index in [1.807, 2.05) is 0 Å². The Hall–Kier alpha value is -3.69. The molecular formula is C22H18F4N4O2. The lowest BCUT2D eigenvalue weighted by atomic mass is 10.1. The molecule has 2 aromatic carbocycles. The van der Waals surface area contributed by atoms with Gasteiger partial charge < -0.3 is 10.2 Å². The molecule has 0 spiro atoms. The second-order valence-corrected chi connectivity index (χ2v) is 7.27. The average Bonchev–Trinajstić information content (AvgIpc) is 3.39. The van der Waals surface area contributed by atoms with Gasteiger partial charge in [-0.2, -0.15) is 18.3 Å². The molecular weight excluding hydrogens is 428 g/mol. The van der Waals surface area contributed by atoms with Gasteiger partial charge in [-0.05, 0) is 36.2 Å². The summed E-state index contributed by atoms with van der Waals surface area (Å²) in [5.74, 6) is -1.90. The number of aromatic nitrogens is 2. The van der Waals surface area contributed by atoms with Gasteiger partial charge in [-0.3, -0.25) is 9.59 Å². The molecule has 2 amide bonds. The molecule has 0 unspecified atom stereocenters. The van der Waals surface area contributed by atoms with Crippen LogP contribution in [-0.2, 0) is 17.5 Å². The molecule has 0 radical (unpaired) electrons. The Bertz CT molecular complexity index is 1170. The Morgan fingerprint density at radius 2 is 1.91 bits per heavy atom. The maximum atomic E-state index is 14.1. The third-order valence-electron chi connectivity index (χ3n) is 5.11. The average molecular weight is 446 g/mol. The van der Waals surface area contributed by atoms with Crippen molar-refractivity contribution >= 4 is 17.5 Å². The SMILES string of the molecule is O=C(NCc1cccc(N2CCCC2=O)c1)c1cnn(-c2ccccc2F)c1C(F)(F)F. The molecule has 166 valence electrons. The number of carbonyl (C=O) groups excluding carboxylic acids is 2. The standard InChI is InChI=1S/C22H18F4N4O2/c23-17-7-1-2-8-18(17)30-20(22(24,25)26)16(13-28-30)21(32)27-12-14-5-3-6-15(11-14)29-10-4-9-19(29)31/h1-3,5-8,11,13H,4,9-10,12H2,(H,27,32). The lowest BCUT2D eigenvalue weighted by molar-refractivity contribution is -0.143. The molecule has 1 aliphatic heterocycles. The number of hydrogen-bond donors (Lipinski definition) is 1. The third-order valence-corrected chi connectivity index (χ3v) is 5.11. The van der Waals surface area contributed by atoms with Crippen molar-refractivity contribution in [3.05, 3.63) is 77.4 Å². The summed E-state index contributed by atoms with van der Waals surface area (Å²) in [6.07, 6.45) is -2.95. The van der Waals surface area contributed by atoms with E-state index < -0.39 is 34.8 Å². The van der Waals surface area contributed by atoms with E-state index in [0.717, 1.165) is 24.8 Å². The van der Waals surface area contributed by atoms with E-state index >= 15 is 0 Å². The fourth-order valence-corrected chi connectivity index (χ4v) is 3.63. The van der Waals surface area contributed by atoms with Gasteiger partial charge in [0.25, 0.3) is 5.91 Å². The van der Waals surface area contributed by atoms with Gasteiger partial charge in [-0.25, -0.2) is 9.07 Å². The van der Waals surface area contributed by atoms with Crippen molar-refractivity contribution in [2.75, 3.05) is 11.4 Å². The number of anilines is 1. The van der Waals surface area contributed by atoms with Crippen LogP contribution in [0, 0.1) is 5.82 Å². The Balaban J connectivity index is 1.57. The lowest BCUT2D eigenvalue weighted by Gasteiger charge is -2.17. The molecule has 0 saturated carbocycles. The second-order valence-electron chi connectivity index (χ2n) is 7.27. The number of para-hydroxylation sites is 1. The first-order valence-electron chi connectivity index (χ1n) is 9.83. The summed E-state index contributed by atoms with van der Waals surface area (Å²) in [5, 5.41) is 6.06. The molecule has 1 saturated heterocycles. The van der Waals surface area contributed by atoms with Crippen LogP contribution in [0.25, 0.3) is 5.69 Å². The first-order chi connectivity index (χ1) is 15.3. The minimum absolute atomic E-state index is 0.00145. The van der Waals surface area contributed by atoms with Gasteiger partial charge in [0.1, 0.15) is 11.5 Å². The molecule has 32 heavy (non-hydrogen) atoms. The highest BCUT2D eigenvalue weighted by Crippen LogP contribution is 2.34. The molecule has 6 nitrogen and oxygen atoms in total. The van der Waals surface area contributed by atoms with E-state index in [9.17, 15) is 27.2 Å². The maximum absolute atomic E-state index is 14.1. The molecule has 0 aliphatic carbocycles. The number of nitrogens with zero attached hydrogens (tertiary/aromatic N) is 3. The van der Waals surface area contributed by atoms with Crippen molar-refractivity contribution in [1.29, 1.82) is 0 Å². The van der Waals surface area contributed by atoms with E-state index in [-0.39, 0.29) is 12.5 Å². The highest BCUT2D eigenvalue weighted by atomic mass is 19.4. The van der Waals surface area contributed by atoms with Gasteiger partial charge in [0.15, 0.2) is 5.69 Å². The number of nitrogens with one attached hydrogen (secondary N) is 1. The lowest BCUT2D eigenvalue weighted by Crippen LogP contribution is -2.27. The summed E-state index contributed by atoms with van der Waals surface area (Å²) in [6.45, 7) is 0.537. The van der Waals surface area contributed by atoms with Crippen molar-refractivity contribution in [3.63, 3.8) is 0 Å². The van der Waals surface area contributed by atoms with Gasteiger partial charge in [0, 0.05) is 25.2 Å². The first kappa shape index (κ1) is 21.5. The fraction of sp³-hybridized carbons (Fsp3) is 0.227. The fourth-order valence-electron chi connectivity index (χ4n) is 3.63. The highest BCUT2D eigenvalue weighted by Gasteiger charge is 2.41. The quantitative estimate of drug-likeness (QED) is 0.601. The highest BCUT2D eigenvalue weighted by molar-refractivity contribution is 5.96. The summed E-state index contributed by atoms with van der Waals surface area (Å²) >= 11 is 0. The Kier molecular flexibility index (Phi) is 5.68. The van der Waals surface area contributed by atoms with Crippen LogP contribution in [0.3, 0.4) is 0 Å². The van der Waals surface area contributed by atoms with E-state index in [1.54, 1.807) is 29.2 Å². The minimum atomic E-state index is -4.94. The van der Waals surface area contributed by atoms with E-state index in [0.29, 0.717) is 28.9 Å². The molecule has 4 rings (SSSR count). The normalized spacial score (nSPS) is 14.1. The third kappa shape index (κ3) is 4.20. The number of rotatable bonds is 5. The summed E-state index contributed by atoms with van der Waals surface area (Å²) in [7, 11) is 0. The second kappa shape index (κ2) is 8.45. The zero-order chi connectivity index (χ0) is 22.9.